The molecule has 3 aliphatic heterocycles. The second kappa shape index (κ2) is 38.1. The molecule has 12 N–H and O–H groups in total. The standard InChI is InChI=1S/C53H99NO18/c1-3-5-7-9-11-13-14-15-16-17-18-19-20-21-22-23-24-26-28-30-37(58)36(54-41(59)31-29-27-25-12-10-8-6-4-2)35-67-51-47(65)44(62)49(39(33-56)69-51)72-53-48(66)45(63)50(40(34-57)70-53)71-52-46(64)43(61)42(60)38(32-55)68-52/h28,30,36-40,42-53,55-58,60-66H,3-27,29,31-35H2,1-2H3,(H,54,59)/b30-28+. The highest BCUT2D eigenvalue weighted by molar-refractivity contribution is 5.76. The van der Waals surface area contributed by atoms with E-state index in [2.05, 4.69) is 19.2 Å². The SMILES string of the molecule is CCCCCCCCCCCCCCCCCCC/C=C/C(O)C(COC1OC(CO)C(OC2OC(CO)C(OC3OC(CO)C(O)C(O)C3O)C(O)C2O)C(O)C1O)NC(=O)CCCCCCCCCC. The van der Waals surface area contributed by atoms with Crippen molar-refractivity contribution < 1.29 is 89.4 Å². The van der Waals surface area contributed by atoms with E-state index < -0.39 is 124 Å². The topological polar surface area (TPSA) is 307 Å². The zero-order chi connectivity index (χ0) is 52.7. The Balaban J connectivity index is 1.51. The van der Waals surface area contributed by atoms with Crippen molar-refractivity contribution in [3.63, 3.8) is 0 Å². The molecule has 0 aromatic carbocycles. The maximum Gasteiger partial charge on any atom is 0.220 e. The molecule has 0 radical (unpaired) electrons. The molecule has 3 saturated heterocycles. The van der Waals surface area contributed by atoms with Gasteiger partial charge in [0.1, 0.15) is 73.2 Å². The number of hydrogen-bond donors (Lipinski definition) is 12. The van der Waals surface area contributed by atoms with Gasteiger partial charge in [0.25, 0.3) is 0 Å². The Morgan fingerprint density at radius 2 is 0.861 bits per heavy atom. The van der Waals surface area contributed by atoms with Crippen LogP contribution in [-0.4, -0.2) is 193 Å². The number of nitrogens with one attached hydrogen (secondary N) is 1. The van der Waals surface area contributed by atoms with E-state index in [9.17, 15) is 61.0 Å². The number of ether oxygens (including phenoxy) is 6. The predicted molar refractivity (Wildman–Crippen MR) is 268 cm³/mol. The normalized spacial score (nSPS) is 32.0. The van der Waals surface area contributed by atoms with Gasteiger partial charge in [0.15, 0.2) is 18.9 Å². The molecule has 19 nitrogen and oxygen atoms in total. The minimum atomic E-state index is -1.97. The average Bonchev–Trinajstić information content (AvgIpc) is 3.37. The minimum absolute atomic E-state index is 0.246. The third-order valence-corrected chi connectivity index (χ3v) is 14.3. The van der Waals surface area contributed by atoms with Crippen molar-refractivity contribution in [3.05, 3.63) is 12.2 Å². The van der Waals surface area contributed by atoms with Gasteiger partial charge in [0, 0.05) is 6.42 Å². The fourth-order valence-electron chi connectivity index (χ4n) is 9.66. The van der Waals surface area contributed by atoms with E-state index in [1.807, 2.05) is 6.08 Å². The van der Waals surface area contributed by atoms with Crippen LogP contribution in [0.3, 0.4) is 0 Å². The van der Waals surface area contributed by atoms with Crippen molar-refractivity contribution >= 4 is 5.91 Å². The fraction of sp³-hybridized carbons (Fsp3) is 0.943. The van der Waals surface area contributed by atoms with Gasteiger partial charge in [-0.25, -0.2) is 0 Å². The molecule has 1 amide bonds. The highest BCUT2D eigenvalue weighted by Gasteiger charge is 2.53. The van der Waals surface area contributed by atoms with Crippen LogP contribution in [0.2, 0.25) is 0 Å². The summed E-state index contributed by atoms with van der Waals surface area (Å²) < 4.78 is 34.1. The van der Waals surface area contributed by atoms with Crippen LogP contribution in [0.5, 0.6) is 0 Å². The monoisotopic (exact) mass is 1040 g/mol. The third kappa shape index (κ3) is 23.0. The lowest BCUT2D eigenvalue weighted by molar-refractivity contribution is -0.379. The molecular formula is C53H99NO18. The van der Waals surface area contributed by atoms with E-state index in [4.69, 9.17) is 28.4 Å². The lowest BCUT2D eigenvalue weighted by atomic mass is 9.96. The van der Waals surface area contributed by atoms with E-state index in [1.165, 1.54) is 116 Å². The quantitative estimate of drug-likeness (QED) is 0.0309. The number of rotatable bonds is 40. The maximum absolute atomic E-state index is 13.2. The van der Waals surface area contributed by atoms with E-state index in [0.717, 1.165) is 44.9 Å². The van der Waals surface area contributed by atoms with E-state index in [1.54, 1.807) is 6.08 Å². The van der Waals surface area contributed by atoms with Crippen molar-refractivity contribution in [2.24, 2.45) is 0 Å². The summed E-state index contributed by atoms with van der Waals surface area (Å²) in [5, 5.41) is 120. The molecule has 3 heterocycles. The van der Waals surface area contributed by atoms with Gasteiger partial charge in [-0.2, -0.15) is 0 Å². The molecule has 3 aliphatic rings. The van der Waals surface area contributed by atoms with Gasteiger partial charge < -0.3 is 89.9 Å². The first-order valence-corrected chi connectivity index (χ1v) is 27.9. The van der Waals surface area contributed by atoms with E-state index in [-0.39, 0.29) is 18.9 Å². The van der Waals surface area contributed by atoms with Crippen LogP contribution in [0.4, 0.5) is 0 Å². The van der Waals surface area contributed by atoms with Crippen LogP contribution in [0.25, 0.3) is 0 Å². The number of carbonyl (C=O) groups excluding carboxylic acids is 1. The van der Waals surface area contributed by atoms with Crippen LogP contribution in [0.1, 0.15) is 187 Å². The summed E-state index contributed by atoms with van der Waals surface area (Å²) in [5.41, 5.74) is 0. The number of unbranched alkanes of at least 4 members (excludes halogenated alkanes) is 24. The fourth-order valence-corrected chi connectivity index (χ4v) is 9.66. The third-order valence-electron chi connectivity index (χ3n) is 14.3. The number of carbonyl (C=O) groups is 1. The Morgan fingerprint density at radius 3 is 1.31 bits per heavy atom. The Labute approximate surface area is 429 Å². The van der Waals surface area contributed by atoms with Crippen LogP contribution >= 0.6 is 0 Å². The molecule has 0 spiro atoms. The molecule has 424 valence electrons. The average molecular weight is 1040 g/mol. The van der Waals surface area contributed by atoms with Crippen LogP contribution in [-0.2, 0) is 33.2 Å². The van der Waals surface area contributed by atoms with E-state index in [0.29, 0.717) is 6.42 Å². The summed E-state index contributed by atoms with van der Waals surface area (Å²) >= 11 is 0. The zero-order valence-electron chi connectivity index (χ0n) is 43.7. The van der Waals surface area contributed by atoms with Gasteiger partial charge in [-0.05, 0) is 19.3 Å². The summed E-state index contributed by atoms with van der Waals surface area (Å²) in [7, 11) is 0. The van der Waals surface area contributed by atoms with Gasteiger partial charge in [-0.3, -0.25) is 4.79 Å². The first-order valence-electron chi connectivity index (χ1n) is 27.9. The minimum Gasteiger partial charge on any atom is -0.394 e. The predicted octanol–water partition coefficient (Wildman–Crippen LogP) is 3.43. The molecule has 3 fully saturated rings. The van der Waals surface area contributed by atoms with Crippen LogP contribution < -0.4 is 5.32 Å². The Kier molecular flexibility index (Phi) is 34.3. The number of aliphatic hydroxyl groups excluding tert-OH is 11. The van der Waals surface area contributed by atoms with Gasteiger partial charge in [0.2, 0.25) is 5.91 Å². The number of amides is 1. The lowest BCUT2D eigenvalue weighted by Crippen LogP contribution is -2.66. The molecule has 17 unspecified atom stereocenters. The van der Waals surface area contributed by atoms with Crippen molar-refractivity contribution in [1.82, 2.24) is 5.32 Å². The van der Waals surface area contributed by atoms with Gasteiger partial charge in [0.05, 0.1) is 38.6 Å². The number of allylic oxidation sites excluding steroid dienone is 1. The maximum atomic E-state index is 13.2. The van der Waals surface area contributed by atoms with E-state index >= 15 is 0 Å². The number of hydrogen-bond acceptors (Lipinski definition) is 18. The second-order valence-electron chi connectivity index (χ2n) is 20.4. The molecule has 0 aromatic heterocycles. The summed E-state index contributed by atoms with van der Waals surface area (Å²) in [4.78, 5) is 13.2. The Hall–Kier alpha value is -1.47. The smallest absolute Gasteiger partial charge is 0.220 e. The molecule has 0 aliphatic carbocycles. The van der Waals surface area contributed by atoms with Crippen molar-refractivity contribution in [1.29, 1.82) is 0 Å². The second-order valence-corrected chi connectivity index (χ2v) is 20.4. The highest BCUT2D eigenvalue weighted by atomic mass is 16.8. The molecule has 0 aromatic rings. The highest BCUT2D eigenvalue weighted by Crippen LogP contribution is 2.33. The molecule has 0 bridgehead atoms. The van der Waals surface area contributed by atoms with Crippen LogP contribution in [0, 0.1) is 0 Å². The summed E-state index contributed by atoms with van der Waals surface area (Å²) in [5.74, 6) is -0.280. The van der Waals surface area contributed by atoms with Gasteiger partial charge in [-0.15, -0.1) is 0 Å². The van der Waals surface area contributed by atoms with Gasteiger partial charge >= 0.3 is 0 Å². The van der Waals surface area contributed by atoms with Crippen molar-refractivity contribution in [2.45, 2.75) is 291 Å². The van der Waals surface area contributed by atoms with Crippen LogP contribution in [0.15, 0.2) is 12.2 Å². The lowest BCUT2D eigenvalue weighted by Gasteiger charge is -2.48. The molecule has 17 atom stereocenters. The molecular weight excluding hydrogens is 939 g/mol. The molecule has 72 heavy (non-hydrogen) atoms. The Morgan fingerprint density at radius 1 is 0.486 bits per heavy atom. The zero-order valence-corrected chi connectivity index (χ0v) is 43.7. The molecule has 0 saturated carbocycles. The molecule has 19 heteroatoms. The van der Waals surface area contributed by atoms with Gasteiger partial charge in [-0.1, -0.05) is 174 Å². The first-order chi connectivity index (χ1) is 34.8. The van der Waals surface area contributed by atoms with Crippen molar-refractivity contribution in [3.8, 4) is 0 Å². The first kappa shape index (κ1) is 64.8. The summed E-state index contributed by atoms with van der Waals surface area (Å²) in [6.07, 6.45) is 8.00. The summed E-state index contributed by atoms with van der Waals surface area (Å²) in [6.45, 7) is 1.67. The summed E-state index contributed by atoms with van der Waals surface area (Å²) in [6, 6.07) is -0.964. The van der Waals surface area contributed by atoms with Crippen molar-refractivity contribution in [2.75, 3.05) is 26.4 Å². The Bertz CT molecular complexity index is 1380. The number of aliphatic hydroxyl groups is 11. The largest absolute Gasteiger partial charge is 0.394 e. The molecule has 3 rings (SSSR count).